The average molecular weight is 348 g/mol. The number of fused-ring (bicyclic) bond motifs is 1. The molecule has 7 heteroatoms. The number of aromatic nitrogens is 1. The van der Waals surface area contributed by atoms with E-state index in [1.807, 2.05) is 0 Å². The molecule has 0 bridgehead atoms. The van der Waals surface area contributed by atoms with Crippen LogP contribution in [0.1, 0.15) is 11.5 Å². The number of benzene rings is 1. The summed E-state index contributed by atoms with van der Waals surface area (Å²) in [7, 11) is 0. The van der Waals surface area contributed by atoms with Crippen LogP contribution >= 0.6 is 15.9 Å². The summed E-state index contributed by atoms with van der Waals surface area (Å²) in [5.41, 5.74) is 0.541. The minimum atomic E-state index is -4.51. The summed E-state index contributed by atoms with van der Waals surface area (Å²) in [6, 6.07) is 6.57. The highest BCUT2D eigenvalue weighted by Crippen LogP contribution is 2.36. The molecule has 1 atom stereocenters. The Kier molecular flexibility index (Phi) is 4.27. The molecule has 0 aliphatic carbocycles. The maximum absolute atomic E-state index is 13.0. The number of alkyl halides is 3. The van der Waals surface area contributed by atoms with Gasteiger partial charge in [-0.25, -0.2) is 0 Å². The van der Waals surface area contributed by atoms with Crippen molar-refractivity contribution in [1.29, 1.82) is 0 Å². The standard InChI is InChI=1S/C13H9BrF3NO2/c14-11-2-1-3-12-9(11)4-8(5-18-12)10(6-20-7-19)13(15,16)17/h1-5,7,10H,6H2. The SMILES string of the molecule is O=COCC(c1cnc2cccc(Br)c2c1)C(F)(F)F. The lowest BCUT2D eigenvalue weighted by atomic mass is 9.99. The van der Waals surface area contributed by atoms with E-state index < -0.39 is 18.7 Å². The number of nitrogens with zero attached hydrogens (tertiary/aromatic N) is 1. The molecule has 0 saturated carbocycles. The fourth-order valence-electron chi connectivity index (χ4n) is 1.83. The quantitative estimate of drug-likeness (QED) is 0.789. The van der Waals surface area contributed by atoms with Crippen LogP contribution in [0.2, 0.25) is 0 Å². The minimum Gasteiger partial charge on any atom is -0.467 e. The molecular weight excluding hydrogens is 339 g/mol. The summed E-state index contributed by atoms with van der Waals surface area (Å²) in [6.07, 6.45) is -3.36. The zero-order valence-corrected chi connectivity index (χ0v) is 11.6. The van der Waals surface area contributed by atoms with Crippen LogP contribution in [0.3, 0.4) is 0 Å². The van der Waals surface area contributed by atoms with Crippen LogP contribution in [-0.2, 0) is 9.53 Å². The van der Waals surface area contributed by atoms with Gasteiger partial charge in [-0.1, -0.05) is 22.0 Å². The molecule has 0 saturated heterocycles. The molecule has 0 aliphatic heterocycles. The Morgan fingerprint density at radius 3 is 2.80 bits per heavy atom. The molecule has 0 fully saturated rings. The maximum Gasteiger partial charge on any atom is 0.399 e. The average Bonchev–Trinajstić information content (AvgIpc) is 2.38. The molecule has 0 N–H and O–H groups in total. The van der Waals surface area contributed by atoms with Crippen LogP contribution in [0, 0.1) is 0 Å². The van der Waals surface area contributed by atoms with E-state index in [2.05, 4.69) is 25.7 Å². The van der Waals surface area contributed by atoms with Gasteiger partial charge in [0, 0.05) is 16.1 Å². The van der Waals surface area contributed by atoms with E-state index in [1.54, 1.807) is 18.2 Å². The van der Waals surface area contributed by atoms with Crippen molar-refractivity contribution < 1.29 is 22.7 Å². The van der Waals surface area contributed by atoms with Crippen molar-refractivity contribution in [2.45, 2.75) is 12.1 Å². The minimum absolute atomic E-state index is 0.00311. The van der Waals surface area contributed by atoms with E-state index >= 15 is 0 Å². The molecule has 3 nitrogen and oxygen atoms in total. The lowest BCUT2D eigenvalue weighted by Gasteiger charge is -2.19. The van der Waals surface area contributed by atoms with E-state index in [0.717, 1.165) is 6.20 Å². The maximum atomic E-state index is 13.0. The first-order chi connectivity index (χ1) is 9.43. The molecule has 0 spiro atoms. The first-order valence-corrected chi connectivity index (χ1v) is 6.39. The molecule has 0 aliphatic rings. The molecule has 1 aromatic carbocycles. The summed E-state index contributed by atoms with van der Waals surface area (Å²) in [5, 5.41) is 0.574. The van der Waals surface area contributed by atoms with Crippen LogP contribution in [0.4, 0.5) is 13.2 Å². The van der Waals surface area contributed by atoms with Gasteiger partial charge in [0.25, 0.3) is 6.47 Å². The monoisotopic (exact) mass is 347 g/mol. The van der Waals surface area contributed by atoms with Gasteiger partial charge in [-0.15, -0.1) is 0 Å². The molecular formula is C13H9BrF3NO2. The van der Waals surface area contributed by atoms with Gasteiger partial charge in [0.2, 0.25) is 0 Å². The highest BCUT2D eigenvalue weighted by molar-refractivity contribution is 9.10. The second kappa shape index (κ2) is 5.78. The first kappa shape index (κ1) is 14.8. The summed E-state index contributed by atoms with van der Waals surface area (Å²) < 4.78 is 43.9. The van der Waals surface area contributed by atoms with E-state index in [1.165, 1.54) is 6.07 Å². The zero-order chi connectivity index (χ0) is 14.8. The Morgan fingerprint density at radius 2 is 2.15 bits per heavy atom. The molecule has 0 amide bonds. The number of carbonyl (C=O) groups is 1. The van der Waals surface area contributed by atoms with E-state index in [0.29, 0.717) is 15.4 Å². The zero-order valence-electron chi connectivity index (χ0n) is 10.0. The normalized spacial score (nSPS) is 13.2. The second-order valence-corrected chi connectivity index (χ2v) is 4.95. The van der Waals surface area contributed by atoms with Gasteiger partial charge in [0.1, 0.15) is 12.5 Å². The summed E-state index contributed by atoms with van der Waals surface area (Å²) in [6.45, 7) is -0.756. The number of pyridine rings is 1. The number of ether oxygens (including phenoxy) is 1. The van der Waals surface area contributed by atoms with Crippen molar-refractivity contribution in [3.05, 3.63) is 40.5 Å². The van der Waals surface area contributed by atoms with E-state index in [4.69, 9.17) is 0 Å². The third kappa shape index (κ3) is 3.09. The van der Waals surface area contributed by atoms with Crippen molar-refractivity contribution in [2.24, 2.45) is 0 Å². The van der Waals surface area contributed by atoms with Crippen molar-refractivity contribution >= 4 is 33.3 Å². The molecule has 1 heterocycles. The fourth-order valence-corrected chi connectivity index (χ4v) is 2.31. The molecule has 0 radical (unpaired) electrons. The van der Waals surface area contributed by atoms with Crippen molar-refractivity contribution in [3.8, 4) is 0 Å². The van der Waals surface area contributed by atoms with Gasteiger partial charge in [-0.05, 0) is 23.8 Å². The molecule has 106 valence electrons. The topological polar surface area (TPSA) is 39.2 Å². The fraction of sp³-hybridized carbons (Fsp3) is 0.231. The second-order valence-electron chi connectivity index (χ2n) is 4.10. The van der Waals surface area contributed by atoms with Gasteiger partial charge in [-0.3, -0.25) is 9.78 Å². The number of hydrogen-bond donors (Lipinski definition) is 0. The Hall–Kier alpha value is -1.63. The molecule has 1 aromatic heterocycles. The van der Waals surface area contributed by atoms with Crippen molar-refractivity contribution in [1.82, 2.24) is 4.98 Å². The molecule has 2 rings (SSSR count). The largest absolute Gasteiger partial charge is 0.467 e. The van der Waals surface area contributed by atoms with Crippen LogP contribution in [0.5, 0.6) is 0 Å². The Labute approximate surface area is 120 Å². The molecule has 1 unspecified atom stereocenters. The van der Waals surface area contributed by atoms with Crippen LogP contribution in [0.15, 0.2) is 34.9 Å². The summed E-state index contributed by atoms with van der Waals surface area (Å²) in [4.78, 5) is 14.1. The number of rotatable bonds is 4. The van der Waals surface area contributed by atoms with Gasteiger partial charge in [-0.2, -0.15) is 13.2 Å². The van der Waals surface area contributed by atoms with Crippen molar-refractivity contribution in [2.75, 3.05) is 6.61 Å². The smallest absolute Gasteiger partial charge is 0.399 e. The van der Waals surface area contributed by atoms with Gasteiger partial charge >= 0.3 is 6.18 Å². The lowest BCUT2D eigenvalue weighted by molar-refractivity contribution is -0.164. The predicted octanol–water partition coefficient (Wildman–Crippen LogP) is 3.82. The Bertz CT molecular complexity index is 631. The van der Waals surface area contributed by atoms with Gasteiger partial charge < -0.3 is 4.74 Å². The van der Waals surface area contributed by atoms with Crippen LogP contribution in [0.25, 0.3) is 10.9 Å². The third-order valence-corrected chi connectivity index (χ3v) is 3.51. The number of hydrogen-bond acceptors (Lipinski definition) is 3. The van der Waals surface area contributed by atoms with Crippen LogP contribution in [-0.4, -0.2) is 24.2 Å². The highest BCUT2D eigenvalue weighted by Gasteiger charge is 2.41. The predicted molar refractivity (Wildman–Crippen MR) is 70.3 cm³/mol. The van der Waals surface area contributed by atoms with E-state index in [9.17, 15) is 18.0 Å². The Morgan fingerprint density at radius 1 is 1.40 bits per heavy atom. The number of carbonyl (C=O) groups excluding carboxylic acids is 1. The van der Waals surface area contributed by atoms with Gasteiger partial charge in [0.15, 0.2) is 0 Å². The Balaban J connectivity index is 2.48. The third-order valence-electron chi connectivity index (χ3n) is 2.82. The summed E-state index contributed by atoms with van der Waals surface area (Å²) >= 11 is 3.27. The molecule has 2 aromatic rings. The van der Waals surface area contributed by atoms with E-state index in [-0.39, 0.29) is 12.0 Å². The summed E-state index contributed by atoms with van der Waals surface area (Å²) in [5.74, 6) is -1.89. The van der Waals surface area contributed by atoms with Gasteiger partial charge in [0.05, 0.1) is 5.52 Å². The lowest BCUT2D eigenvalue weighted by Crippen LogP contribution is -2.25. The number of halogens is 4. The van der Waals surface area contributed by atoms with Crippen molar-refractivity contribution in [3.63, 3.8) is 0 Å². The highest BCUT2D eigenvalue weighted by atomic mass is 79.9. The van der Waals surface area contributed by atoms with Crippen LogP contribution < -0.4 is 0 Å². The molecule has 20 heavy (non-hydrogen) atoms. The first-order valence-electron chi connectivity index (χ1n) is 5.59.